The highest BCUT2D eigenvalue weighted by molar-refractivity contribution is 5.14. The van der Waals surface area contributed by atoms with Crippen molar-refractivity contribution in [1.29, 1.82) is 0 Å². The van der Waals surface area contributed by atoms with E-state index in [1.807, 2.05) is 0 Å². The number of methoxy groups -OCH3 is 1. The molecule has 0 aromatic heterocycles. The van der Waals surface area contributed by atoms with Gasteiger partial charge in [-0.15, -0.1) is 0 Å². The number of ether oxygens (including phenoxy) is 1. The number of rotatable bonds is 9. The van der Waals surface area contributed by atoms with Crippen molar-refractivity contribution in [3.05, 3.63) is 0 Å². The van der Waals surface area contributed by atoms with Crippen LogP contribution in [0.5, 0.6) is 0 Å². The van der Waals surface area contributed by atoms with Crippen LogP contribution in [0.3, 0.4) is 0 Å². The molecule has 164 valence electrons. The molecular weight excluding hydrogens is 440 g/mol. The van der Waals surface area contributed by atoms with E-state index in [0.717, 1.165) is 0 Å². The molecule has 27 heavy (non-hydrogen) atoms. The molecular formula is C10H6F16O. The van der Waals surface area contributed by atoms with Gasteiger partial charge in [-0.3, -0.25) is 0 Å². The maximum atomic E-state index is 13.1. The van der Waals surface area contributed by atoms with Crippen LogP contribution in [0.2, 0.25) is 0 Å². The molecule has 0 aliphatic rings. The van der Waals surface area contributed by atoms with Crippen LogP contribution in [0, 0.1) is 0 Å². The van der Waals surface area contributed by atoms with Crippen LogP contribution in [0.1, 0.15) is 0 Å². The van der Waals surface area contributed by atoms with E-state index in [-0.39, 0.29) is 7.11 Å². The molecule has 0 aliphatic carbocycles. The molecule has 0 saturated carbocycles. The summed E-state index contributed by atoms with van der Waals surface area (Å²) >= 11 is 0. The molecule has 0 N–H and O–H groups in total. The Morgan fingerprint density at radius 1 is 0.556 bits per heavy atom. The monoisotopic (exact) mass is 446 g/mol. The van der Waals surface area contributed by atoms with E-state index in [9.17, 15) is 70.2 Å². The molecule has 1 nitrogen and oxygen atoms in total. The van der Waals surface area contributed by atoms with E-state index >= 15 is 0 Å². The van der Waals surface area contributed by atoms with Crippen LogP contribution in [0.25, 0.3) is 0 Å². The van der Waals surface area contributed by atoms with Crippen LogP contribution in [-0.2, 0) is 4.74 Å². The summed E-state index contributed by atoms with van der Waals surface area (Å²) in [6.07, 6.45) is -5.85. The standard InChI is InChI=1S/C10H6F16O/c1-27-2-4(13,14)6(17,18)8(21,22)10(25,26)9(23,24)7(19,20)5(15,16)3(11)12/h3H,2H2,1H3. The minimum atomic E-state index is -8.36. The highest BCUT2D eigenvalue weighted by Crippen LogP contribution is 2.62. The molecule has 0 aliphatic heterocycles. The second kappa shape index (κ2) is 6.72. The summed E-state index contributed by atoms with van der Waals surface area (Å²) in [5.74, 6) is -54.3. The number of halogens is 16. The SMILES string of the molecule is COCC(F)(F)C(F)(F)C(F)(F)C(F)(F)C(F)(F)C(F)(F)C(F)(F)C(F)F. The minimum absolute atomic E-state index is 0.131. The molecule has 0 unspecified atom stereocenters. The lowest BCUT2D eigenvalue weighted by atomic mass is 9.89. The van der Waals surface area contributed by atoms with Crippen molar-refractivity contribution >= 4 is 0 Å². The molecule has 17 heteroatoms. The Labute approximate surface area is 138 Å². The summed E-state index contributed by atoms with van der Waals surface area (Å²) in [6, 6.07) is 0. The van der Waals surface area contributed by atoms with Crippen LogP contribution < -0.4 is 0 Å². The number of hydrogen-bond donors (Lipinski definition) is 0. The first-order valence-electron chi connectivity index (χ1n) is 5.92. The van der Waals surface area contributed by atoms with E-state index in [1.165, 1.54) is 0 Å². The zero-order valence-electron chi connectivity index (χ0n) is 12.2. The Balaban J connectivity index is 6.53. The van der Waals surface area contributed by atoms with Crippen molar-refractivity contribution < 1.29 is 75.0 Å². The number of alkyl halides is 16. The summed E-state index contributed by atoms with van der Waals surface area (Å²) < 4.78 is 208. The second-order valence-corrected chi connectivity index (χ2v) is 4.93. The Kier molecular flexibility index (Phi) is 6.43. The van der Waals surface area contributed by atoms with Gasteiger partial charge < -0.3 is 4.74 Å². The third-order valence-corrected chi connectivity index (χ3v) is 3.06. The molecule has 0 aromatic carbocycles. The van der Waals surface area contributed by atoms with E-state index in [1.54, 1.807) is 0 Å². The summed E-state index contributed by atoms with van der Waals surface area (Å²) in [5, 5.41) is 0. The molecule has 0 aromatic rings. The summed E-state index contributed by atoms with van der Waals surface area (Å²) in [4.78, 5) is 0. The molecule has 0 amide bonds. The fourth-order valence-corrected chi connectivity index (χ4v) is 1.44. The van der Waals surface area contributed by atoms with Crippen LogP contribution in [-0.4, -0.2) is 61.6 Å². The maximum Gasteiger partial charge on any atom is 0.384 e. The summed E-state index contributed by atoms with van der Waals surface area (Å²) in [6.45, 7) is -2.82. The van der Waals surface area contributed by atoms with Crippen molar-refractivity contribution in [1.82, 2.24) is 0 Å². The summed E-state index contributed by atoms with van der Waals surface area (Å²) in [5.41, 5.74) is 0. The van der Waals surface area contributed by atoms with E-state index in [4.69, 9.17) is 0 Å². The van der Waals surface area contributed by atoms with Crippen molar-refractivity contribution in [3.8, 4) is 0 Å². The van der Waals surface area contributed by atoms with Gasteiger partial charge in [0.05, 0.1) is 0 Å². The highest BCUT2D eigenvalue weighted by Gasteiger charge is 2.93. The second-order valence-electron chi connectivity index (χ2n) is 4.93. The van der Waals surface area contributed by atoms with Gasteiger partial charge in [0.15, 0.2) is 0 Å². The zero-order chi connectivity index (χ0) is 22.5. The van der Waals surface area contributed by atoms with E-state index < -0.39 is 54.5 Å². The van der Waals surface area contributed by atoms with Gasteiger partial charge in [-0.25, -0.2) is 8.78 Å². The van der Waals surface area contributed by atoms with E-state index in [0.29, 0.717) is 0 Å². The fraction of sp³-hybridized carbons (Fsp3) is 1.00. The molecule has 0 fully saturated rings. The Hall–Kier alpha value is -1.16. The van der Waals surface area contributed by atoms with Crippen molar-refractivity contribution in [3.63, 3.8) is 0 Å². The third-order valence-electron chi connectivity index (χ3n) is 3.06. The van der Waals surface area contributed by atoms with Crippen LogP contribution >= 0.6 is 0 Å². The van der Waals surface area contributed by atoms with Gasteiger partial charge in [-0.05, 0) is 0 Å². The smallest absolute Gasteiger partial charge is 0.378 e. The number of hydrogen-bond acceptors (Lipinski definition) is 1. The fourth-order valence-electron chi connectivity index (χ4n) is 1.44. The Morgan fingerprint density at radius 2 is 0.852 bits per heavy atom. The molecule has 0 heterocycles. The van der Waals surface area contributed by atoms with Crippen molar-refractivity contribution in [2.75, 3.05) is 13.7 Å². The molecule has 0 spiro atoms. The van der Waals surface area contributed by atoms with Crippen LogP contribution in [0.15, 0.2) is 0 Å². The first kappa shape index (κ1) is 25.8. The lowest BCUT2D eigenvalue weighted by Gasteiger charge is -2.42. The first-order valence-corrected chi connectivity index (χ1v) is 5.92. The predicted molar refractivity (Wildman–Crippen MR) is 52.5 cm³/mol. The third kappa shape index (κ3) is 3.28. The topological polar surface area (TPSA) is 9.23 Å². The minimum Gasteiger partial charge on any atom is -0.378 e. The lowest BCUT2D eigenvalue weighted by molar-refractivity contribution is -0.448. The average molecular weight is 446 g/mol. The van der Waals surface area contributed by atoms with Crippen LogP contribution in [0.4, 0.5) is 70.2 Å². The van der Waals surface area contributed by atoms with Gasteiger partial charge in [0.25, 0.3) is 0 Å². The molecule has 0 atom stereocenters. The lowest BCUT2D eigenvalue weighted by Crippen LogP contribution is -2.74. The van der Waals surface area contributed by atoms with Gasteiger partial charge in [-0.1, -0.05) is 0 Å². The molecule has 0 rings (SSSR count). The maximum absolute atomic E-state index is 13.1. The quantitative estimate of drug-likeness (QED) is 0.435. The Morgan fingerprint density at radius 3 is 1.15 bits per heavy atom. The molecule has 0 bridgehead atoms. The first-order chi connectivity index (χ1) is 11.5. The van der Waals surface area contributed by atoms with Crippen molar-refractivity contribution in [2.45, 2.75) is 47.9 Å². The van der Waals surface area contributed by atoms with Crippen molar-refractivity contribution in [2.24, 2.45) is 0 Å². The summed E-state index contributed by atoms with van der Waals surface area (Å²) in [7, 11) is 0.131. The van der Waals surface area contributed by atoms with E-state index in [2.05, 4.69) is 4.74 Å². The van der Waals surface area contributed by atoms with Gasteiger partial charge in [0.2, 0.25) is 0 Å². The normalized spacial score (nSPS) is 16.2. The van der Waals surface area contributed by atoms with Gasteiger partial charge >= 0.3 is 47.9 Å². The van der Waals surface area contributed by atoms with Gasteiger partial charge in [0, 0.05) is 7.11 Å². The molecule has 0 radical (unpaired) electrons. The highest BCUT2D eigenvalue weighted by atomic mass is 19.4. The average Bonchev–Trinajstić information content (AvgIpc) is 2.45. The van der Waals surface area contributed by atoms with Gasteiger partial charge in [0.1, 0.15) is 6.61 Å². The predicted octanol–water partition coefficient (Wildman–Crippen LogP) is 5.35. The Bertz CT molecular complexity index is 523. The zero-order valence-corrected chi connectivity index (χ0v) is 12.2. The van der Waals surface area contributed by atoms with Gasteiger partial charge in [-0.2, -0.15) is 61.5 Å². The molecule has 0 saturated heterocycles. The largest absolute Gasteiger partial charge is 0.384 e.